The van der Waals surface area contributed by atoms with Gasteiger partial charge in [0, 0.05) is 67.8 Å². The van der Waals surface area contributed by atoms with Gasteiger partial charge in [0.25, 0.3) is 0 Å². The first-order valence-electron chi connectivity index (χ1n) is 13.8. The van der Waals surface area contributed by atoms with E-state index < -0.39 is 0 Å². The van der Waals surface area contributed by atoms with Crippen LogP contribution in [0.1, 0.15) is 45.1 Å². The van der Waals surface area contributed by atoms with Gasteiger partial charge in [-0.25, -0.2) is 19.3 Å². The number of likely N-dealkylation sites (N-methyl/N-ethyl adjacent to an activating group) is 1. The van der Waals surface area contributed by atoms with Crippen molar-refractivity contribution in [3.05, 3.63) is 59.8 Å². The fourth-order valence-corrected chi connectivity index (χ4v) is 5.33. The smallest absolute Gasteiger partial charge is 0.227 e. The summed E-state index contributed by atoms with van der Waals surface area (Å²) in [6.07, 6.45) is 1.69. The third kappa shape index (κ3) is 5.89. The topological polar surface area (TPSA) is 71.3 Å². The average Bonchev–Trinajstić information content (AvgIpc) is 3.27. The molecule has 3 heterocycles. The summed E-state index contributed by atoms with van der Waals surface area (Å²) >= 11 is 0. The van der Waals surface area contributed by atoms with Crippen LogP contribution in [-0.4, -0.2) is 68.6 Å². The quantitative estimate of drug-likeness (QED) is 0.293. The van der Waals surface area contributed by atoms with Crippen LogP contribution in [-0.2, 0) is 6.54 Å². The lowest BCUT2D eigenvalue weighted by atomic mass is 10.1. The highest BCUT2D eigenvalue weighted by atomic mass is 19.1. The van der Waals surface area contributed by atoms with Gasteiger partial charge >= 0.3 is 0 Å². The fourth-order valence-electron chi connectivity index (χ4n) is 5.33. The second-order valence-electron chi connectivity index (χ2n) is 10.3. The Balaban J connectivity index is 1.37. The fraction of sp³-hybridized carbons (Fsp3) is 0.433. The van der Waals surface area contributed by atoms with E-state index in [1.54, 1.807) is 12.3 Å². The molecule has 8 nitrogen and oxygen atoms in total. The molecule has 0 spiro atoms. The molecule has 206 valence electrons. The third-order valence-corrected chi connectivity index (χ3v) is 7.32. The SMILES string of the molecule is CCOc1cc(Nc2nccc(-c3cc(F)c4nc(C)n(C(C)C)c4c3)n2)ccc1CN1CCN(CC)CC1. The molecule has 1 aliphatic rings. The van der Waals surface area contributed by atoms with Gasteiger partial charge in [-0.2, -0.15) is 0 Å². The van der Waals surface area contributed by atoms with E-state index in [2.05, 4.69) is 51.9 Å². The van der Waals surface area contributed by atoms with E-state index in [1.807, 2.05) is 36.6 Å². The Morgan fingerprint density at radius 2 is 1.77 bits per heavy atom. The van der Waals surface area contributed by atoms with E-state index in [0.29, 0.717) is 29.3 Å². The summed E-state index contributed by atoms with van der Waals surface area (Å²) in [6.45, 7) is 17.1. The zero-order valence-corrected chi connectivity index (χ0v) is 23.5. The summed E-state index contributed by atoms with van der Waals surface area (Å²) in [6, 6.07) is 11.6. The number of aromatic nitrogens is 4. The predicted molar refractivity (Wildman–Crippen MR) is 154 cm³/mol. The van der Waals surface area contributed by atoms with Crippen molar-refractivity contribution < 1.29 is 9.13 Å². The van der Waals surface area contributed by atoms with Crippen LogP contribution >= 0.6 is 0 Å². The molecule has 1 aliphatic heterocycles. The van der Waals surface area contributed by atoms with Gasteiger partial charge in [-0.1, -0.05) is 13.0 Å². The Morgan fingerprint density at radius 1 is 1.00 bits per heavy atom. The lowest BCUT2D eigenvalue weighted by Gasteiger charge is -2.34. The molecule has 0 bridgehead atoms. The van der Waals surface area contributed by atoms with Crippen LogP contribution < -0.4 is 10.1 Å². The largest absolute Gasteiger partial charge is 0.493 e. The predicted octanol–water partition coefficient (Wildman–Crippen LogP) is 5.80. The van der Waals surface area contributed by atoms with Crippen molar-refractivity contribution in [2.75, 3.05) is 44.6 Å². The van der Waals surface area contributed by atoms with Gasteiger partial charge in [-0.05, 0) is 58.5 Å². The average molecular weight is 532 g/mol. The maximum Gasteiger partial charge on any atom is 0.227 e. The molecule has 0 atom stereocenters. The molecule has 0 unspecified atom stereocenters. The zero-order chi connectivity index (χ0) is 27.5. The molecule has 0 aliphatic carbocycles. The van der Waals surface area contributed by atoms with Crippen LogP contribution in [0.3, 0.4) is 0 Å². The number of aryl methyl sites for hydroxylation is 1. The van der Waals surface area contributed by atoms with Crippen LogP contribution in [0.5, 0.6) is 5.75 Å². The standard InChI is InChI=1S/C30H38FN7O/c1-6-36-12-14-37(15-13-36)19-22-8-9-24(18-28(22)39-7-2)34-30-32-11-10-26(35-30)23-16-25(31)29-27(17-23)38(20(3)4)21(5)33-29/h8-11,16-18,20H,6-7,12-15,19H2,1-5H3,(H,32,34,35). The Labute approximate surface area is 229 Å². The van der Waals surface area contributed by atoms with Gasteiger partial charge in [0.1, 0.15) is 17.1 Å². The van der Waals surface area contributed by atoms with Crippen molar-refractivity contribution in [3.63, 3.8) is 0 Å². The molecule has 0 saturated carbocycles. The van der Waals surface area contributed by atoms with Gasteiger partial charge < -0.3 is 19.5 Å². The second kappa shape index (κ2) is 11.7. The van der Waals surface area contributed by atoms with E-state index in [0.717, 1.165) is 62.0 Å². The van der Waals surface area contributed by atoms with E-state index >= 15 is 4.39 Å². The maximum atomic E-state index is 15.0. The van der Waals surface area contributed by atoms with E-state index in [4.69, 9.17) is 9.72 Å². The molecule has 2 aromatic heterocycles. The van der Waals surface area contributed by atoms with Crippen LogP contribution in [0.15, 0.2) is 42.6 Å². The Kier molecular flexibility index (Phi) is 8.09. The number of rotatable bonds is 9. The van der Waals surface area contributed by atoms with Gasteiger partial charge in [0.15, 0.2) is 5.82 Å². The van der Waals surface area contributed by atoms with Gasteiger partial charge in [-0.15, -0.1) is 0 Å². The number of fused-ring (bicyclic) bond motifs is 1. The zero-order valence-electron chi connectivity index (χ0n) is 23.5. The molecule has 2 aromatic carbocycles. The monoisotopic (exact) mass is 531 g/mol. The first-order chi connectivity index (χ1) is 18.9. The molecule has 9 heteroatoms. The van der Waals surface area contributed by atoms with E-state index in [1.165, 1.54) is 11.6 Å². The minimum Gasteiger partial charge on any atom is -0.493 e. The minimum absolute atomic E-state index is 0.163. The summed E-state index contributed by atoms with van der Waals surface area (Å²) in [5.74, 6) is 1.73. The van der Waals surface area contributed by atoms with E-state index in [-0.39, 0.29) is 11.9 Å². The van der Waals surface area contributed by atoms with Crippen LogP contribution in [0.25, 0.3) is 22.3 Å². The number of imidazole rings is 1. The summed E-state index contributed by atoms with van der Waals surface area (Å²) in [4.78, 5) is 18.5. The van der Waals surface area contributed by atoms with Crippen molar-refractivity contribution in [2.45, 2.75) is 47.2 Å². The van der Waals surface area contributed by atoms with Crippen LogP contribution in [0.4, 0.5) is 16.0 Å². The Hall–Kier alpha value is -3.56. The van der Waals surface area contributed by atoms with Crippen molar-refractivity contribution >= 4 is 22.7 Å². The van der Waals surface area contributed by atoms with Crippen molar-refractivity contribution in [3.8, 4) is 17.0 Å². The highest BCUT2D eigenvalue weighted by molar-refractivity contribution is 5.83. The van der Waals surface area contributed by atoms with Crippen molar-refractivity contribution in [1.82, 2.24) is 29.3 Å². The molecular formula is C30H38FN7O. The molecule has 4 aromatic rings. The summed E-state index contributed by atoms with van der Waals surface area (Å²) < 4.78 is 23.1. The first-order valence-corrected chi connectivity index (χ1v) is 13.8. The summed E-state index contributed by atoms with van der Waals surface area (Å²) in [5, 5.41) is 3.31. The summed E-state index contributed by atoms with van der Waals surface area (Å²) in [7, 11) is 0. The molecular weight excluding hydrogens is 493 g/mol. The van der Waals surface area contributed by atoms with Gasteiger partial charge in [-0.3, -0.25) is 4.90 Å². The number of nitrogens with zero attached hydrogens (tertiary/aromatic N) is 6. The number of ether oxygens (including phenoxy) is 1. The molecule has 1 saturated heterocycles. The first kappa shape index (κ1) is 27.0. The van der Waals surface area contributed by atoms with Crippen LogP contribution in [0.2, 0.25) is 0 Å². The lowest BCUT2D eigenvalue weighted by Crippen LogP contribution is -2.45. The molecule has 1 N–H and O–H groups in total. The minimum atomic E-state index is -0.355. The second-order valence-corrected chi connectivity index (χ2v) is 10.3. The number of benzene rings is 2. The number of anilines is 2. The van der Waals surface area contributed by atoms with Crippen molar-refractivity contribution in [2.24, 2.45) is 0 Å². The van der Waals surface area contributed by atoms with Gasteiger partial charge in [0.2, 0.25) is 5.95 Å². The normalized spacial score (nSPS) is 14.8. The molecule has 1 fully saturated rings. The Bertz CT molecular complexity index is 1440. The number of halogens is 1. The third-order valence-electron chi connectivity index (χ3n) is 7.32. The molecule has 0 radical (unpaired) electrons. The molecule has 0 amide bonds. The van der Waals surface area contributed by atoms with Crippen LogP contribution in [0, 0.1) is 12.7 Å². The van der Waals surface area contributed by atoms with Crippen molar-refractivity contribution in [1.29, 1.82) is 0 Å². The number of piperazine rings is 1. The highest BCUT2D eigenvalue weighted by Gasteiger charge is 2.19. The number of nitrogens with one attached hydrogen (secondary N) is 1. The number of hydrogen-bond acceptors (Lipinski definition) is 7. The summed E-state index contributed by atoms with van der Waals surface area (Å²) in [5.41, 5.74) is 4.47. The maximum absolute atomic E-state index is 15.0. The molecule has 5 rings (SSSR count). The molecule has 39 heavy (non-hydrogen) atoms. The number of hydrogen-bond donors (Lipinski definition) is 1. The van der Waals surface area contributed by atoms with E-state index in [9.17, 15) is 0 Å². The van der Waals surface area contributed by atoms with Gasteiger partial charge in [0.05, 0.1) is 17.8 Å². The lowest BCUT2D eigenvalue weighted by molar-refractivity contribution is 0.131. The highest BCUT2D eigenvalue weighted by Crippen LogP contribution is 2.30. The Morgan fingerprint density at radius 3 is 2.49 bits per heavy atom.